The molecule has 32 heavy (non-hydrogen) atoms. The predicted molar refractivity (Wildman–Crippen MR) is 119 cm³/mol. The second-order valence-electron chi connectivity index (χ2n) is 6.66. The van der Waals surface area contributed by atoms with Gasteiger partial charge in [-0.15, -0.1) is 0 Å². The molecule has 3 aromatic carbocycles. The van der Waals surface area contributed by atoms with Crippen LogP contribution in [0.25, 0.3) is 0 Å². The average molecular weight is 457 g/mol. The van der Waals surface area contributed by atoms with Gasteiger partial charge < -0.3 is 15.4 Å². The molecule has 3 N–H and O–H groups in total. The number of ether oxygens (including phenoxy) is 1. The standard InChI is InChI=1S/C22H20FN3O5S/c1-31-14-21(27)24-18-5-3-6-19(13-18)25-22(28)15-4-2-7-20(12-15)32(29,30)26-17-10-8-16(23)9-11-17/h2-13,26H,14H2,1H3,(H,24,27)(H,25,28). The number of hydrogen-bond donors (Lipinski definition) is 3. The van der Waals surface area contributed by atoms with Gasteiger partial charge in [-0.3, -0.25) is 14.3 Å². The van der Waals surface area contributed by atoms with Crippen LogP contribution in [-0.4, -0.2) is 33.9 Å². The minimum atomic E-state index is -3.99. The van der Waals surface area contributed by atoms with Gasteiger partial charge in [0, 0.05) is 29.7 Å². The highest BCUT2D eigenvalue weighted by Crippen LogP contribution is 2.20. The van der Waals surface area contributed by atoms with Crippen molar-refractivity contribution in [2.75, 3.05) is 29.1 Å². The maximum atomic E-state index is 13.0. The molecule has 0 heterocycles. The fraction of sp³-hybridized carbons (Fsp3) is 0.0909. The number of methoxy groups -OCH3 is 1. The first-order chi connectivity index (χ1) is 15.3. The Labute approximate surface area is 184 Å². The van der Waals surface area contributed by atoms with Gasteiger partial charge in [-0.2, -0.15) is 0 Å². The number of hydrogen-bond acceptors (Lipinski definition) is 5. The van der Waals surface area contributed by atoms with E-state index in [4.69, 9.17) is 4.74 Å². The lowest BCUT2D eigenvalue weighted by atomic mass is 10.2. The Kier molecular flexibility index (Phi) is 7.18. The number of anilines is 3. The molecule has 3 aromatic rings. The van der Waals surface area contributed by atoms with Crippen molar-refractivity contribution in [2.45, 2.75) is 4.90 Å². The molecule has 0 spiro atoms. The van der Waals surface area contributed by atoms with Crippen LogP contribution in [0.4, 0.5) is 21.5 Å². The Bertz CT molecular complexity index is 1230. The molecule has 10 heteroatoms. The lowest BCUT2D eigenvalue weighted by Gasteiger charge is -2.11. The smallest absolute Gasteiger partial charge is 0.261 e. The van der Waals surface area contributed by atoms with Gasteiger partial charge in [-0.25, -0.2) is 12.8 Å². The molecule has 166 valence electrons. The molecule has 0 saturated carbocycles. The fourth-order valence-electron chi connectivity index (χ4n) is 2.74. The van der Waals surface area contributed by atoms with E-state index in [1.54, 1.807) is 24.3 Å². The summed E-state index contributed by atoms with van der Waals surface area (Å²) < 4.78 is 45.4. The summed E-state index contributed by atoms with van der Waals surface area (Å²) in [7, 11) is -2.59. The summed E-state index contributed by atoms with van der Waals surface area (Å²) in [6.07, 6.45) is 0. The van der Waals surface area contributed by atoms with Gasteiger partial charge in [-0.1, -0.05) is 12.1 Å². The number of halogens is 1. The van der Waals surface area contributed by atoms with E-state index in [-0.39, 0.29) is 28.7 Å². The number of sulfonamides is 1. The lowest BCUT2D eigenvalue weighted by Crippen LogP contribution is -2.18. The van der Waals surface area contributed by atoms with Crippen LogP contribution in [0.15, 0.2) is 77.7 Å². The van der Waals surface area contributed by atoms with E-state index in [2.05, 4.69) is 15.4 Å². The summed E-state index contributed by atoms with van der Waals surface area (Å²) >= 11 is 0. The molecule has 3 rings (SSSR count). The number of amides is 2. The van der Waals surface area contributed by atoms with Crippen molar-refractivity contribution in [3.8, 4) is 0 Å². The van der Waals surface area contributed by atoms with Crippen LogP contribution in [-0.2, 0) is 19.6 Å². The molecular weight excluding hydrogens is 437 g/mol. The lowest BCUT2D eigenvalue weighted by molar-refractivity contribution is -0.119. The molecule has 0 aliphatic heterocycles. The van der Waals surface area contributed by atoms with Crippen molar-refractivity contribution >= 4 is 38.9 Å². The third-order valence-corrected chi connectivity index (χ3v) is 5.56. The third kappa shape index (κ3) is 6.13. The maximum Gasteiger partial charge on any atom is 0.261 e. The molecule has 0 radical (unpaired) electrons. The van der Waals surface area contributed by atoms with Crippen molar-refractivity contribution < 1.29 is 27.1 Å². The highest BCUT2D eigenvalue weighted by Gasteiger charge is 2.17. The average Bonchev–Trinajstić information content (AvgIpc) is 2.76. The Morgan fingerprint density at radius 1 is 0.875 bits per heavy atom. The number of carbonyl (C=O) groups excluding carboxylic acids is 2. The Hall–Kier alpha value is -3.76. The Morgan fingerprint density at radius 2 is 1.53 bits per heavy atom. The van der Waals surface area contributed by atoms with Crippen LogP contribution in [0.5, 0.6) is 0 Å². The molecule has 0 unspecified atom stereocenters. The molecule has 0 fully saturated rings. The summed E-state index contributed by atoms with van der Waals surface area (Å²) in [4.78, 5) is 24.2. The molecule has 0 aliphatic rings. The third-order valence-electron chi connectivity index (χ3n) is 4.18. The molecule has 0 saturated heterocycles. The normalized spacial score (nSPS) is 10.9. The van der Waals surface area contributed by atoms with Gasteiger partial charge in [0.15, 0.2) is 0 Å². The summed E-state index contributed by atoms with van der Waals surface area (Å²) in [5.74, 6) is -1.37. The SMILES string of the molecule is COCC(=O)Nc1cccc(NC(=O)c2cccc(S(=O)(=O)Nc3ccc(F)cc3)c2)c1. The van der Waals surface area contributed by atoms with Gasteiger partial charge in [0.05, 0.1) is 4.90 Å². The van der Waals surface area contributed by atoms with Gasteiger partial charge in [0.2, 0.25) is 5.91 Å². The van der Waals surface area contributed by atoms with Crippen molar-refractivity contribution in [2.24, 2.45) is 0 Å². The molecular formula is C22H20FN3O5S. The van der Waals surface area contributed by atoms with E-state index in [1.807, 2.05) is 0 Å². The summed E-state index contributed by atoms with van der Waals surface area (Å²) in [5, 5.41) is 5.29. The van der Waals surface area contributed by atoms with Crippen molar-refractivity contribution in [3.63, 3.8) is 0 Å². The van der Waals surface area contributed by atoms with Crippen LogP contribution in [0.3, 0.4) is 0 Å². The number of carbonyl (C=O) groups is 2. The van der Waals surface area contributed by atoms with Crippen LogP contribution in [0.2, 0.25) is 0 Å². The van der Waals surface area contributed by atoms with Crippen molar-refractivity contribution in [3.05, 3.63) is 84.2 Å². The second kappa shape index (κ2) is 10.0. The number of benzene rings is 3. The highest BCUT2D eigenvalue weighted by molar-refractivity contribution is 7.92. The summed E-state index contributed by atoms with van der Waals surface area (Å²) in [6.45, 7) is -0.107. The Balaban J connectivity index is 1.74. The first-order valence-electron chi connectivity index (χ1n) is 9.35. The number of nitrogens with one attached hydrogen (secondary N) is 3. The van der Waals surface area contributed by atoms with E-state index in [0.29, 0.717) is 11.4 Å². The van der Waals surface area contributed by atoms with Crippen molar-refractivity contribution in [1.82, 2.24) is 0 Å². The zero-order valence-corrected chi connectivity index (χ0v) is 17.8. The van der Waals surface area contributed by atoms with E-state index >= 15 is 0 Å². The first-order valence-corrected chi connectivity index (χ1v) is 10.8. The second-order valence-corrected chi connectivity index (χ2v) is 8.34. The van der Waals surface area contributed by atoms with Gasteiger partial charge in [0.1, 0.15) is 12.4 Å². The van der Waals surface area contributed by atoms with Gasteiger partial charge in [-0.05, 0) is 60.7 Å². The van der Waals surface area contributed by atoms with E-state index < -0.39 is 21.7 Å². The van der Waals surface area contributed by atoms with Crippen LogP contribution < -0.4 is 15.4 Å². The monoisotopic (exact) mass is 457 g/mol. The molecule has 2 amide bonds. The van der Waals surface area contributed by atoms with Crippen LogP contribution >= 0.6 is 0 Å². The van der Waals surface area contributed by atoms with Crippen LogP contribution in [0.1, 0.15) is 10.4 Å². The number of rotatable bonds is 8. The molecule has 0 bridgehead atoms. The van der Waals surface area contributed by atoms with E-state index in [1.165, 1.54) is 43.5 Å². The summed E-state index contributed by atoms with van der Waals surface area (Å²) in [6, 6.07) is 16.8. The minimum absolute atomic E-state index is 0.107. The summed E-state index contributed by atoms with van der Waals surface area (Å²) in [5.41, 5.74) is 1.17. The zero-order valence-electron chi connectivity index (χ0n) is 17.0. The topological polar surface area (TPSA) is 114 Å². The quantitative estimate of drug-likeness (QED) is 0.479. The Morgan fingerprint density at radius 3 is 2.22 bits per heavy atom. The first kappa shape index (κ1) is 22.9. The highest BCUT2D eigenvalue weighted by atomic mass is 32.2. The minimum Gasteiger partial charge on any atom is -0.375 e. The van der Waals surface area contributed by atoms with Crippen molar-refractivity contribution in [1.29, 1.82) is 0 Å². The zero-order chi connectivity index (χ0) is 23.1. The molecule has 0 aliphatic carbocycles. The molecule has 8 nitrogen and oxygen atoms in total. The molecule has 0 atom stereocenters. The maximum absolute atomic E-state index is 13.0. The predicted octanol–water partition coefficient (Wildman–Crippen LogP) is 3.46. The van der Waals surface area contributed by atoms with E-state index in [0.717, 1.165) is 12.1 Å². The van der Waals surface area contributed by atoms with Gasteiger partial charge >= 0.3 is 0 Å². The molecule has 0 aromatic heterocycles. The van der Waals surface area contributed by atoms with Gasteiger partial charge in [0.25, 0.3) is 15.9 Å². The van der Waals surface area contributed by atoms with Crippen LogP contribution in [0, 0.1) is 5.82 Å². The fourth-order valence-corrected chi connectivity index (χ4v) is 3.85. The largest absolute Gasteiger partial charge is 0.375 e. The van der Waals surface area contributed by atoms with E-state index in [9.17, 15) is 22.4 Å².